The maximum atomic E-state index is 11.6. The summed E-state index contributed by atoms with van der Waals surface area (Å²) in [7, 11) is 0. The van der Waals surface area contributed by atoms with Crippen LogP contribution in [0.15, 0.2) is 30.3 Å². The molecule has 0 amide bonds. The highest BCUT2D eigenvalue weighted by molar-refractivity contribution is 7.20. The predicted octanol–water partition coefficient (Wildman–Crippen LogP) is 6.03. The Bertz CT molecular complexity index is 1180. The lowest BCUT2D eigenvalue weighted by Gasteiger charge is -2.30. The number of aromatic carboxylic acids is 1. The van der Waals surface area contributed by atoms with Crippen molar-refractivity contribution in [3.8, 4) is 11.3 Å². The standard InChI is InChI=1S/C28H35N3O2S/c32-28(33)27-18-25-26(34-27)17-24-23-9-8-21(20-6-2-1-3-7-20)16-22(23)19-30(14-15-31(24)25)13-12-29-10-4-5-11-29/h8-9,16-18,20H,1-7,10-15,19H2,(H,32,33). The monoisotopic (exact) mass is 477 g/mol. The van der Waals surface area contributed by atoms with Gasteiger partial charge in [0.05, 0.1) is 15.9 Å². The minimum atomic E-state index is -0.828. The highest BCUT2D eigenvalue weighted by Crippen LogP contribution is 2.39. The lowest BCUT2D eigenvalue weighted by molar-refractivity contribution is 0.0702. The molecule has 5 nitrogen and oxygen atoms in total. The number of nitrogens with zero attached hydrogens (tertiary/aromatic N) is 3. The number of carboxylic acids is 1. The van der Waals surface area contributed by atoms with Crippen LogP contribution in [0.3, 0.4) is 0 Å². The van der Waals surface area contributed by atoms with Gasteiger partial charge in [-0.1, -0.05) is 37.5 Å². The Balaban J connectivity index is 1.37. The Kier molecular flexibility index (Phi) is 6.22. The zero-order chi connectivity index (χ0) is 23.1. The molecule has 2 fully saturated rings. The summed E-state index contributed by atoms with van der Waals surface area (Å²) in [5.41, 5.74) is 6.61. The number of hydrogen-bond acceptors (Lipinski definition) is 4. The van der Waals surface area contributed by atoms with E-state index in [1.165, 1.54) is 91.8 Å². The Morgan fingerprint density at radius 3 is 2.50 bits per heavy atom. The molecule has 1 aromatic carbocycles. The van der Waals surface area contributed by atoms with Crippen molar-refractivity contribution >= 4 is 27.5 Å². The summed E-state index contributed by atoms with van der Waals surface area (Å²) < 4.78 is 3.46. The number of thiophene rings is 1. The van der Waals surface area contributed by atoms with Crippen molar-refractivity contribution in [2.24, 2.45) is 0 Å². The first-order valence-corrected chi connectivity index (χ1v) is 13.9. The van der Waals surface area contributed by atoms with Crippen molar-refractivity contribution in [3.63, 3.8) is 0 Å². The van der Waals surface area contributed by atoms with Gasteiger partial charge in [0, 0.05) is 38.3 Å². The van der Waals surface area contributed by atoms with E-state index >= 15 is 0 Å². The van der Waals surface area contributed by atoms with Crippen LogP contribution in [0.4, 0.5) is 0 Å². The minimum absolute atomic E-state index is 0.432. The van der Waals surface area contributed by atoms with Crippen molar-refractivity contribution in [2.45, 2.75) is 64.0 Å². The Morgan fingerprint density at radius 2 is 1.71 bits per heavy atom. The van der Waals surface area contributed by atoms with Gasteiger partial charge in [0.2, 0.25) is 0 Å². The van der Waals surface area contributed by atoms with E-state index in [0.717, 1.165) is 42.9 Å². The molecule has 1 aliphatic carbocycles. The van der Waals surface area contributed by atoms with Crippen LogP contribution in [0.5, 0.6) is 0 Å². The molecule has 1 saturated carbocycles. The van der Waals surface area contributed by atoms with Crippen LogP contribution in [-0.2, 0) is 13.1 Å². The summed E-state index contributed by atoms with van der Waals surface area (Å²) in [6.45, 7) is 7.62. The van der Waals surface area contributed by atoms with Gasteiger partial charge in [-0.15, -0.1) is 11.3 Å². The van der Waals surface area contributed by atoms with E-state index in [4.69, 9.17) is 0 Å². The number of carbonyl (C=O) groups is 1. The smallest absolute Gasteiger partial charge is 0.345 e. The second kappa shape index (κ2) is 9.48. The van der Waals surface area contributed by atoms with Gasteiger partial charge in [-0.3, -0.25) is 4.90 Å². The van der Waals surface area contributed by atoms with Crippen LogP contribution < -0.4 is 0 Å². The SMILES string of the molecule is O=C(O)c1cc2c(cc3n2CCN(CCN2CCCC2)Cc2cc(C4CCCCC4)ccc2-3)s1. The maximum absolute atomic E-state index is 11.6. The number of carboxylic acid groups (broad SMARTS) is 1. The van der Waals surface area contributed by atoms with Crippen LogP contribution in [0.1, 0.15) is 71.7 Å². The number of hydrogen-bond donors (Lipinski definition) is 1. The molecule has 0 bridgehead atoms. The second-order valence-electron chi connectivity index (χ2n) is 10.4. The molecule has 1 N–H and O–H groups in total. The molecule has 3 aromatic rings. The molecule has 4 heterocycles. The van der Waals surface area contributed by atoms with E-state index in [1.54, 1.807) is 0 Å². The molecule has 0 spiro atoms. The van der Waals surface area contributed by atoms with Crippen molar-refractivity contribution < 1.29 is 9.90 Å². The Morgan fingerprint density at radius 1 is 0.912 bits per heavy atom. The third kappa shape index (κ3) is 4.32. The molecule has 2 aliphatic heterocycles. The quantitative estimate of drug-likeness (QED) is 0.488. The fraction of sp³-hybridized carbons (Fsp3) is 0.536. The van der Waals surface area contributed by atoms with E-state index in [-0.39, 0.29) is 0 Å². The maximum Gasteiger partial charge on any atom is 0.345 e. The Labute approximate surface area is 206 Å². The summed E-state index contributed by atoms with van der Waals surface area (Å²) in [4.78, 5) is 17.3. The van der Waals surface area contributed by atoms with Crippen molar-refractivity contribution in [1.29, 1.82) is 0 Å². The normalized spacial score (nSPS) is 20.2. The van der Waals surface area contributed by atoms with Crippen LogP contribution in [-0.4, -0.2) is 58.2 Å². The third-order valence-electron chi connectivity index (χ3n) is 8.25. The summed E-state index contributed by atoms with van der Waals surface area (Å²) in [5.74, 6) is -0.123. The van der Waals surface area contributed by atoms with Crippen molar-refractivity contribution in [1.82, 2.24) is 14.4 Å². The van der Waals surface area contributed by atoms with Crippen LogP contribution in [0, 0.1) is 0 Å². The fourth-order valence-corrected chi connectivity index (χ4v) is 7.28. The lowest BCUT2D eigenvalue weighted by Crippen LogP contribution is -2.36. The predicted molar refractivity (Wildman–Crippen MR) is 139 cm³/mol. The van der Waals surface area contributed by atoms with E-state index in [1.807, 2.05) is 6.07 Å². The van der Waals surface area contributed by atoms with Crippen molar-refractivity contribution in [2.75, 3.05) is 32.7 Å². The van der Waals surface area contributed by atoms with Crippen molar-refractivity contribution in [3.05, 3.63) is 46.3 Å². The molecule has 180 valence electrons. The number of likely N-dealkylation sites (tertiary alicyclic amines) is 1. The topological polar surface area (TPSA) is 48.7 Å². The van der Waals surface area contributed by atoms with Gasteiger partial charge < -0.3 is 14.6 Å². The molecule has 0 unspecified atom stereocenters. The highest BCUT2D eigenvalue weighted by Gasteiger charge is 2.24. The molecule has 0 radical (unpaired) electrons. The minimum Gasteiger partial charge on any atom is -0.477 e. The molecule has 2 aromatic heterocycles. The second-order valence-corrected chi connectivity index (χ2v) is 11.5. The van der Waals surface area contributed by atoms with Gasteiger partial charge in [0.25, 0.3) is 0 Å². The highest BCUT2D eigenvalue weighted by atomic mass is 32.1. The summed E-state index contributed by atoms with van der Waals surface area (Å²) >= 11 is 1.40. The van der Waals surface area contributed by atoms with Gasteiger partial charge in [-0.2, -0.15) is 0 Å². The van der Waals surface area contributed by atoms with Crippen LogP contribution >= 0.6 is 11.3 Å². The van der Waals surface area contributed by atoms with E-state index in [2.05, 4.69) is 38.6 Å². The zero-order valence-electron chi connectivity index (χ0n) is 20.0. The van der Waals surface area contributed by atoms with Crippen LogP contribution in [0.25, 0.3) is 21.5 Å². The summed E-state index contributed by atoms with van der Waals surface area (Å²) in [6.07, 6.45) is 9.41. The lowest BCUT2D eigenvalue weighted by atomic mass is 9.83. The van der Waals surface area contributed by atoms with Gasteiger partial charge in [0.15, 0.2) is 0 Å². The fourth-order valence-electron chi connectivity index (χ4n) is 6.34. The molecule has 6 heteroatoms. The number of benzene rings is 1. The molecule has 6 rings (SSSR count). The zero-order valence-corrected chi connectivity index (χ0v) is 20.8. The van der Waals surface area contributed by atoms with Crippen LogP contribution in [0.2, 0.25) is 0 Å². The third-order valence-corrected chi connectivity index (χ3v) is 9.31. The average Bonchev–Trinajstić information content (AvgIpc) is 3.57. The number of aromatic nitrogens is 1. The molecular formula is C28H35N3O2S. The molecule has 0 atom stereocenters. The summed E-state index contributed by atoms with van der Waals surface area (Å²) in [5, 5.41) is 9.53. The molecule has 1 saturated heterocycles. The largest absolute Gasteiger partial charge is 0.477 e. The summed E-state index contributed by atoms with van der Waals surface area (Å²) in [6, 6.07) is 11.3. The van der Waals surface area contributed by atoms with E-state index < -0.39 is 5.97 Å². The van der Waals surface area contributed by atoms with E-state index in [0.29, 0.717) is 10.8 Å². The Hall–Kier alpha value is -2.15. The molecular weight excluding hydrogens is 442 g/mol. The van der Waals surface area contributed by atoms with Gasteiger partial charge in [0.1, 0.15) is 4.88 Å². The van der Waals surface area contributed by atoms with Gasteiger partial charge in [-0.05, 0) is 68.0 Å². The molecule has 3 aliphatic rings. The molecule has 34 heavy (non-hydrogen) atoms. The average molecular weight is 478 g/mol. The number of rotatable bonds is 5. The first kappa shape index (κ1) is 22.3. The number of fused-ring (bicyclic) bond motifs is 5. The first-order chi connectivity index (χ1) is 16.7. The van der Waals surface area contributed by atoms with Gasteiger partial charge in [-0.25, -0.2) is 4.79 Å². The van der Waals surface area contributed by atoms with Gasteiger partial charge >= 0.3 is 5.97 Å². The van der Waals surface area contributed by atoms with E-state index in [9.17, 15) is 9.90 Å². The first-order valence-electron chi connectivity index (χ1n) is 13.1.